The van der Waals surface area contributed by atoms with Gasteiger partial charge in [0.15, 0.2) is 0 Å². The van der Waals surface area contributed by atoms with Gasteiger partial charge < -0.3 is 10.2 Å². The minimum Gasteiger partial charge on any atom is -0.342 e. The van der Waals surface area contributed by atoms with Gasteiger partial charge in [-0.15, -0.1) is 0 Å². The SMILES string of the molecule is CCN(CC)C(=O)CN1CCN(CC(=O)Nc2ccc(Cl)c([N+](=O)[O-])c2)CC1. The first-order valence-electron chi connectivity index (χ1n) is 9.30. The van der Waals surface area contributed by atoms with Crippen molar-refractivity contribution in [2.24, 2.45) is 0 Å². The summed E-state index contributed by atoms with van der Waals surface area (Å²) in [6.07, 6.45) is 0. The van der Waals surface area contributed by atoms with E-state index in [2.05, 4.69) is 10.2 Å². The molecule has 1 N–H and O–H groups in total. The number of carbonyl (C=O) groups is 2. The Balaban J connectivity index is 1.80. The smallest absolute Gasteiger partial charge is 0.289 e. The van der Waals surface area contributed by atoms with E-state index in [-0.39, 0.29) is 29.1 Å². The van der Waals surface area contributed by atoms with Gasteiger partial charge in [0.1, 0.15) is 5.02 Å². The Morgan fingerprint density at radius 2 is 1.71 bits per heavy atom. The van der Waals surface area contributed by atoms with Gasteiger partial charge in [-0.1, -0.05) is 11.6 Å². The van der Waals surface area contributed by atoms with Gasteiger partial charge in [-0.2, -0.15) is 0 Å². The largest absolute Gasteiger partial charge is 0.342 e. The minimum absolute atomic E-state index is 0.0263. The van der Waals surface area contributed by atoms with Gasteiger partial charge in [-0.3, -0.25) is 29.5 Å². The van der Waals surface area contributed by atoms with E-state index in [0.717, 1.165) is 0 Å². The maximum atomic E-state index is 12.2. The molecule has 28 heavy (non-hydrogen) atoms. The quantitative estimate of drug-likeness (QED) is 0.516. The number of rotatable bonds is 8. The van der Waals surface area contributed by atoms with Crippen molar-refractivity contribution in [1.29, 1.82) is 0 Å². The zero-order valence-electron chi connectivity index (χ0n) is 16.2. The van der Waals surface area contributed by atoms with Crippen molar-refractivity contribution in [3.63, 3.8) is 0 Å². The number of benzene rings is 1. The average molecular weight is 412 g/mol. The van der Waals surface area contributed by atoms with Gasteiger partial charge >= 0.3 is 0 Å². The Labute approximate surface area is 169 Å². The van der Waals surface area contributed by atoms with E-state index in [0.29, 0.717) is 51.5 Å². The van der Waals surface area contributed by atoms with Crippen LogP contribution in [-0.4, -0.2) is 83.8 Å². The second-order valence-corrected chi connectivity index (χ2v) is 7.00. The number of nitro benzene ring substituents is 1. The molecule has 0 aliphatic carbocycles. The van der Waals surface area contributed by atoms with Crippen LogP contribution in [-0.2, 0) is 9.59 Å². The number of amides is 2. The van der Waals surface area contributed by atoms with E-state index < -0.39 is 4.92 Å². The molecular weight excluding hydrogens is 386 g/mol. The van der Waals surface area contributed by atoms with Gasteiger partial charge in [0, 0.05) is 51.0 Å². The normalized spacial score (nSPS) is 15.2. The molecular formula is C18H26ClN5O4. The van der Waals surface area contributed by atoms with Crippen molar-refractivity contribution >= 4 is 34.8 Å². The van der Waals surface area contributed by atoms with E-state index in [4.69, 9.17) is 11.6 Å². The summed E-state index contributed by atoms with van der Waals surface area (Å²) in [5, 5.41) is 13.6. The minimum atomic E-state index is -0.587. The number of piperazine rings is 1. The van der Waals surface area contributed by atoms with Crippen LogP contribution in [0.2, 0.25) is 5.02 Å². The fourth-order valence-electron chi connectivity index (χ4n) is 3.11. The van der Waals surface area contributed by atoms with E-state index in [9.17, 15) is 19.7 Å². The summed E-state index contributed by atoms with van der Waals surface area (Å²) in [7, 11) is 0. The number of nitrogens with one attached hydrogen (secondary N) is 1. The average Bonchev–Trinajstić information content (AvgIpc) is 2.65. The van der Waals surface area contributed by atoms with E-state index in [1.165, 1.54) is 18.2 Å². The zero-order valence-corrected chi connectivity index (χ0v) is 16.9. The van der Waals surface area contributed by atoms with Crippen LogP contribution in [0.5, 0.6) is 0 Å². The predicted molar refractivity (Wildman–Crippen MR) is 108 cm³/mol. The standard InChI is InChI=1S/C18H26ClN5O4/c1-3-23(4-2)18(26)13-22-9-7-21(8-10-22)12-17(25)20-14-5-6-15(19)16(11-14)24(27)28/h5-6,11H,3-4,7-10,12-13H2,1-2H3,(H,20,25). The topological polar surface area (TPSA) is 99.0 Å². The van der Waals surface area contributed by atoms with Crippen LogP contribution >= 0.6 is 11.6 Å². The van der Waals surface area contributed by atoms with Crippen molar-refractivity contribution < 1.29 is 14.5 Å². The monoisotopic (exact) mass is 411 g/mol. The third-order valence-electron chi connectivity index (χ3n) is 4.73. The summed E-state index contributed by atoms with van der Waals surface area (Å²) in [5.74, 6) is -0.121. The molecule has 9 nitrogen and oxygen atoms in total. The third-order valence-corrected chi connectivity index (χ3v) is 5.05. The summed E-state index contributed by atoms with van der Waals surface area (Å²) in [5.41, 5.74) is 0.0931. The lowest BCUT2D eigenvalue weighted by atomic mass is 10.2. The van der Waals surface area contributed by atoms with Crippen LogP contribution in [0.15, 0.2) is 18.2 Å². The summed E-state index contributed by atoms with van der Waals surface area (Å²) < 4.78 is 0. The van der Waals surface area contributed by atoms with Gasteiger partial charge in [-0.25, -0.2) is 0 Å². The number of nitro groups is 1. The first kappa shape index (κ1) is 22.1. The molecule has 0 unspecified atom stereocenters. The molecule has 0 atom stereocenters. The van der Waals surface area contributed by atoms with Crippen LogP contribution in [0.3, 0.4) is 0 Å². The molecule has 1 aromatic carbocycles. The fraction of sp³-hybridized carbons (Fsp3) is 0.556. The second-order valence-electron chi connectivity index (χ2n) is 6.59. The Kier molecular flexibility index (Phi) is 8.16. The molecule has 0 aromatic heterocycles. The first-order chi connectivity index (χ1) is 13.3. The Morgan fingerprint density at radius 3 is 2.25 bits per heavy atom. The van der Waals surface area contributed by atoms with Crippen LogP contribution in [0.25, 0.3) is 0 Å². The van der Waals surface area contributed by atoms with Crippen LogP contribution in [0.1, 0.15) is 13.8 Å². The molecule has 1 aromatic rings. The van der Waals surface area contributed by atoms with Crippen LogP contribution in [0, 0.1) is 10.1 Å². The predicted octanol–water partition coefficient (Wildman–Crippen LogP) is 1.67. The maximum Gasteiger partial charge on any atom is 0.289 e. The number of anilines is 1. The number of halogens is 1. The maximum absolute atomic E-state index is 12.2. The van der Waals surface area contributed by atoms with Gasteiger partial charge in [0.2, 0.25) is 11.8 Å². The molecule has 0 spiro atoms. The van der Waals surface area contributed by atoms with Gasteiger partial charge in [0.25, 0.3) is 5.69 Å². The molecule has 2 amide bonds. The molecule has 2 rings (SSSR count). The fourth-order valence-corrected chi connectivity index (χ4v) is 3.29. The van der Waals surface area contributed by atoms with E-state index in [1.807, 2.05) is 23.6 Å². The number of likely N-dealkylation sites (N-methyl/N-ethyl adjacent to an activating group) is 1. The number of hydrogen-bond acceptors (Lipinski definition) is 6. The van der Waals surface area contributed by atoms with Crippen molar-refractivity contribution in [3.8, 4) is 0 Å². The molecule has 0 bridgehead atoms. The van der Waals surface area contributed by atoms with Crippen LogP contribution < -0.4 is 5.32 Å². The number of nitrogens with zero attached hydrogens (tertiary/aromatic N) is 4. The second kappa shape index (κ2) is 10.4. The zero-order chi connectivity index (χ0) is 20.7. The highest BCUT2D eigenvalue weighted by Gasteiger charge is 2.22. The first-order valence-corrected chi connectivity index (χ1v) is 9.68. The summed E-state index contributed by atoms with van der Waals surface area (Å²) in [6, 6.07) is 4.17. The van der Waals surface area contributed by atoms with Gasteiger partial charge in [0.05, 0.1) is 18.0 Å². The molecule has 1 aliphatic rings. The van der Waals surface area contributed by atoms with Crippen LogP contribution in [0.4, 0.5) is 11.4 Å². The highest BCUT2D eigenvalue weighted by molar-refractivity contribution is 6.32. The van der Waals surface area contributed by atoms with Crippen molar-refractivity contribution in [2.75, 3.05) is 57.7 Å². The molecule has 1 aliphatic heterocycles. The lowest BCUT2D eigenvalue weighted by Crippen LogP contribution is -2.51. The van der Waals surface area contributed by atoms with E-state index >= 15 is 0 Å². The highest BCUT2D eigenvalue weighted by Crippen LogP contribution is 2.27. The third kappa shape index (κ3) is 6.15. The Hall–Kier alpha value is -2.23. The number of carbonyl (C=O) groups excluding carboxylic acids is 2. The molecule has 1 heterocycles. The summed E-state index contributed by atoms with van der Waals surface area (Å²) in [4.78, 5) is 40.7. The molecule has 1 fully saturated rings. The highest BCUT2D eigenvalue weighted by atomic mass is 35.5. The molecule has 10 heteroatoms. The summed E-state index contributed by atoms with van der Waals surface area (Å²) >= 11 is 5.78. The lowest BCUT2D eigenvalue weighted by molar-refractivity contribution is -0.384. The van der Waals surface area contributed by atoms with Crippen molar-refractivity contribution in [2.45, 2.75) is 13.8 Å². The molecule has 1 saturated heterocycles. The van der Waals surface area contributed by atoms with Gasteiger partial charge in [-0.05, 0) is 26.0 Å². The lowest BCUT2D eigenvalue weighted by Gasteiger charge is -2.34. The van der Waals surface area contributed by atoms with E-state index in [1.54, 1.807) is 0 Å². The summed E-state index contributed by atoms with van der Waals surface area (Å²) in [6.45, 7) is 8.72. The van der Waals surface area contributed by atoms with Crippen molar-refractivity contribution in [1.82, 2.24) is 14.7 Å². The Bertz CT molecular complexity index is 718. The molecule has 154 valence electrons. The van der Waals surface area contributed by atoms with Crippen molar-refractivity contribution in [3.05, 3.63) is 33.3 Å². The molecule has 0 saturated carbocycles. The molecule has 0 radical (unpaired) electrons. The number of hydrogen-bond donors (Lipinski definition) is 1. The Morgan fingerprint density at radius 1 is 1.14 bits per heavy atom.